The van der Waals surface area contributed by atoms with E-state index in [0.29, 0.717) is 10.6 Å². The lowest BCUT2D eigenvalue weighted by atomic mass is 9.83. The monoisotopic (exact) mass is 317 g/mol. The number of anilines is 1. The summed E-state index contributed by atoms with van der Waals surface area (Å²) in [6.45, 7) is 3.24. The third-order valence-corrected chi connectivity index (χ3v) is 5.06. The fraction of sp³-hybridized carbons (Fsp3) is 0.667. The number of hydrogen-bond donors (Lipinski definition) is 1. The number of nitrogens with zero attached hydrogens (tertiary/aromatic N) is 2. The molecule has 1 aliphatic rings. The Kier molecular flexibility index (Phi) is 4.26. The SMILES string of the molecule is CCC1(CNc2ncnc(Cl)c2Br)CCCC1. The Morgan fingerprint density at radius 1 is 1.41 bits per heavy atom. The minimum Gasteiger partial charge on any atom is -0.368 e. The van der Waals surface area contributed by atoms with Crippen LogP contribution in [-0.2, 0) is 0 Å². The molecule has 1 aromatic heterocycles. The van der Waals surface area contributed by atoms with Gasteiger partial charge in [0, 0.05) is 6.54 Å². The normalized spacial score (nSPS) is 18.3. The molecule has 17 heavy (non-hydrogen) atoms. The molecule has 0 radical (unpaired) electrons. The van der Waals surface area contributed by atoms with E-state index in [-0.39, 0.29) is 0 Å². The van der Waals surface area contributed by atoms with E-state index in [0.717, 1.165) is 16.8 Å². The molecule has 0 atom stereocenters. The Morgan fingerprint density at radius 3 is 2.76 bits per heavy atom. The zero-order chi connectivity index (χ0) is 12.3. The first-order valence-corrected chi connectivity index (χ1v) is 7.24. The average molecular weight is 319 g/mol. The number of rotatable bonds is 4. The fourth-order valence-corrected chi connectivity index (χ4v) is 3.00. The molecule has 0 spiro atoms. The highest BCUT2D eigenvalue weighted by Crippen LogP contribution is 2.41. The number of hydrogen-bond acceptors (Lipinski definition) is 3. The average Bonchev–Trinajstić information content (AvgIpc) is 2.81. The van der Waals surface area contributed by atoms with E-state index in [1.807, 2.05) is 0 Å². The van der Waals surface area contributed by atoms with E-state index < -0.39 is 0 Å². The maximum atomic E-state index is 5.94. The number of nitrogens with one attached hydrogen (secondary N) is 1. The van der Waals surface area contributed by atoms with Crippen LogP contribution in [0.5, 0.6) is 0 Å². The summed E-state index contributed by atoms with van der Waals surface area (Å²) >= 11 is 9.35. The van der Waals surface area contributed by atoms with Crippen molar-refractivity contribution in [1.29, 1.82) is 0 Å². The van der Waals surface area contributed by atoms with Crippen LogP contribution in [0.1, 0.15) is 39.0 Å². The van der Waals surface area contributed by atoms with Crippen molar-refractivity contribution in [3.8, 4) is 0 Å². The van der Waals surface area contributed by atoms with Crippen LogP contribution in [0, 0.1) is 5.41 Å². The van der Waals surface area contributed by atoms with Gasteiger partial charge in [0.15, 0.2) is 0 Å². The molecule has 1 saturated carbocycles. The minimum absolute atomic E-state index is 0.441. The second-order valence-corrected chi connectivity index (χ2v) is 5.89. The Labute approximate surface area is 116 Å². The number of aromatic nitrogens is 2. The van der Waals surface area contributed by atoms with Crippen molar-refractivity contribution in [2.75, 3.05) is 11.9 Å². The molecule has 3 nitrogen and oxygen atoms in total. The highest BCUT2D eigenvalue weighted by atomic mass is 79.9. The first kappa shape index (κ1) is 13.1. The summed E-state index contributed by atoms with van der Waals surface area (Å²) in [7, 11) is 0. The van der Waals surface area contributed by atoms with Crippen molar-refractivity contribution in [2.24, 2.45) is 5.41 Å². The van der Waals surface area contributed by atoms with Crippen LogP contribution in [0.25, 0.3) is 0 Å². The van der Waals surface area contributed by atoms with Crippen LogP contribution in [0.15, 0.2) is 10.8 Å². The Morgan fingerprint density at radius 2 is 2.12 bits per heavy atom. The quantitative estimate of drug-likeness (QED) is 0.842. The summed E-state index contributed by atoms with van der Waals surface area (Å²) in [6.07, 6.45) is 8.03. The minimum atomic E-state index is 0.441. The van der Waals surface area contributed by atoms with Crippen LogP contribution >= 0.6 is 27.5 Å². The molecule has 1 N–H and O–H groups in total. The van der Waals surface area contributed by atoms with Gasteiger partial charge >= 0.3 is 0 Å². The molecule has 94 valence electrons. The smallest absolute Gasteiger partial charge is 0.148 e. The summed E-state index contributed by atoms with van der Waals surface area (Å²) < 4.78 is 0.755. The van der Waals surface area contributed by atoms with Crippen molar-refractivity contribution in [2.45, 2.75) is 39.0 Å². The molecular formula is C12H17BrClN3. The lowest BCUT2D eigenvalue weighted by molar-refractivity contribution is 0.306. The maximum Gasteiger partial charge on any atom is 0.148 e. The molecule has 1 heterocycles. The molecule has 0 aromatic carbocycles. The van der Waals surface area contributed by atoms with Gasteiger partial charge in [-0.2, -0.15) is 0 Å². The van der Waals surface area contributed by atoms with Gasteiger partial charge in [-0.1, -0.05) is 31.4 Å². The van der Waals surface area contributed by atoms with E-state index >= 15 is 0 Å². The third-order valence-electron chi connectivity index (χ3n) is 3.79. The lowest BCUT2D eigenvalue weighted by Gasteiger charge is -2.28. The first-order chi connectivity index (χ1) is 8.17. The van der Waals surface area contributed by atoms with Gasteiger partial charge in [-0.15, -0.1) is 0 Å². The van der Waals surface area contributed by atoms with Gasteiger partial charge in [0.25, 0.3) is 0 Å². The van der Waals surface area contributed by atoms with Gasteiger partial charge < -0.3 is 5.32 Å². The summed E-state index contributed by atoms with van der Waals surface area (Å²) in [4.78, 5) is 8.14. The van der Waals surface area contributed by atoms with E-state index in [4.69, 9.17) is 11.6 Å². The molecule has 1 fully saturated rings. The Balaban J connectivity index is 2.04. The van der Waals surface area contributed by atoms with Crippen LogP contribution in [0.3, 0.4) is 0 Å². The summed E-state index contributed by atoms with van der Waals surface area (Å²) in [5.74, 6) is 0.796. The van der Waals surface area contributed by atoms with Gasteiger partial charge in [0.05, 0.1) is 4.47 Å². The number of halogens is 2. The summed E-state index contributed by atoms with van der Waals surface area (Å²) in [5.41, 5.74) is 0.441. The highest BCUT2D eigenvalue weighted by molar-refractivity contribution is 9.10. The van der Waals surface area contributed by atoms with Gasteiger partial charge in [-0.25, -0.2) is 9.97 Å². The van der Waals surface area contributed by atoms with Crippen molar-refractivity contribution in [3.63, 3.8) is 0 Å². The summed E-state index contributed by atoms with van der Waals surface area (Å²) in [5, 5.41) is 3.86. The highest BCUT2D eigenvalue weighted by Gasteiger charge is 2.31. The predicted octanol–water partition coefficient (Wildman–Crippen LogP) is 4.27. The molecular weight excluding hydrogens is 302 g/mol. The van der Waals surface area contributed by atoms with E-state index in [9.17, 15) is 0 Å². The van der Waals surface area contributed by atoms with Crippen molar-refractivity contribution >= 4 is 33.3 Å². The second kappa shape index (κ2) is 5.53. The molecule has 0 unspecified atom stereocenters. The van der Waals surface area contributed by atoms with E-state index in [2.05, 4.69) is 38.1 Å². The van der Waals surface area contributed by atoms with Crippen LogP contribution in [-0.4, -0.2) is 16.5 Å². The van der Waals surface area contributed by atoms with Crippen LogP contribution in [0.2, 0.25) is 5.15 Å². The molecule has 0 aliphatic heterocycles. The topological polar surface area (TPSA) is 37.8 Å². The van der Waals surface area contributed by atoms with Crippen LogP contribution < -0.4 is 5.32 Å². The molecule has 1 aromatic rings. The standard InChI is InChI=1S/C12H17BrClN3/c1-2-12(5-3-4-6-12)7-15-11-9(13)10(14)16-8-17-11/h8H,2-7H2,1H3,(H,15,16,17). The zero-order valence-electron chi connectivity index (χ0n) is 9.97. The maximum absolute atomic E-state index is 5.94. The zero-order valence-corrected chi connectivity index (χ0v) is 12.3. The second-order valence-electron chi connectivity index (χ2n) is 4.74. The first-order valence-electron chi connectivity index (χ1n) is 6.07. The van der Waals surface area contributed by atoms with Crippen molar-refractivity contribution in [1.82, 2.24) is 9.97 Å². The van der Waals surface area contributed by atoms with Crippen molar-refractivity contribution in [3.05, 3.63) is 16.0 Å². The Bertz CT molecular complexity index is 391. The van der Waals surface area contributed by atoms with Crippen LogP contribution in [0.4, 0.5) is 5.82 Å². The largest absolute Gasteiger partial charge is 0.368 e. The molecule has 2 rings (SSSR count). The molecule has 0 amide bonds. The molecule has 0 saturated heterocycles. The summed E-state index contributed by atoms with van der Waals surface area (Å²) in [6, 6.07) is 0. The van der Waals surface area contributed by atoms with Gasteiger partial charge in [0.1, 0.15) is 17.3 Å². The van der Waals surface area contributed by atoms with Gasteiger partial charge in [-0.3, -0.25) is 0 Å². The van der Waals surface area contributed by atoms with Gasteiger partial charge in [-0.05, 0) is 40.6 Å². The van der Waals surface area contributed by atoms with Crippen molar-refractivity contribution < 1.29 is 0 Å². The molecule has 1 aliphatic carbocycles. The third kappa shape index (κ3) is 2.91. The lowest BCUT2D eigenvalue weighted by Crippen LogP contribution is -2.26. The van der Waals surface area contributed by atoms with E-state index in [1.165, 1.54) is 38.4 Å². The molecule has 5 heteroatoms. The fourth-order valence-electron chi connectivity index (χ4n) is 2.52. The Hall–Kier alpha value is -0.350. The van der Waals surface area contributed by atoms with E-state index in [1.54, 1.807) is 0 Å². The van der Waals surface area contributed by atoms with Gasteiger partial charge in [0.2, 0.25) is 0 Å². The molecule has 0 bridgehead atoms. The predicted molar refractivity (Wildman–Crippen MR) is 74.4 cm³/mol.